The van der Waals surface area contributed by atoms with E-state index in [4.69, 9.17) is 5.26 Å². The lowest BCUT2D eigenvalue weighted by Gasteiger charge is -2.29. The second-order valence-corrected chi connectivity index (χ2v) is 5.14. The van der Waals surface area contributed by atoms with Crippen molar-refractivity contribution in [3.63, 3.8) is 0 Å². The Hall–Kier alpha value is -2.16. The summed E-state index contributed by atoms with van der Waals surface area (Å²) in [5.74, 6) is 0.566. The molecule has 2 heterocycles. The minimum absolute atomic E-state index is 0.0491. The van der Waals surface area contributed by atoms with Gasteiger partial charge in [0, 0.05) is 24.5 Å². The van der Waals surface area contributed by atoms with Gasteiger partial charge >= 0.3 is 6.03 Å². The zero-order chi connectivity index (χ0) is 14.5. The van der Waals surface area contributed by atoms with Crippen LogP contribution in [0, 0.1) is 31.1 Å². The maximum atomic E-state index is 12.1. The average Bonchev–Trinajstić information content (AvgIpc) is 2.44. The number of aromatic nitrogens is 2. The van der Waals surface area contributed by atoms with E-state index in [1.807, 2.05) is 19.9 Å². The predicted octanol–water partition coefficient (Wildman–Crippen LogP) is 1.54. The number of amides is 2. The summed E-state index contributed by atoms with van der Waals surface area (Å²) in [5.41, 5.74) is 1.79. The SMILES string of the molecule is Cc1cc(C)nc(CNC(=O)N2CCCC(C#N)C2)n1. The van der Waals surface area contributed by atoms with Crippen LogP contribution in [-0.4, -0.2) is 34.0 Å². The molecule has 0 bridgehead atoms. The molecule has 1 aliphatic rings. The number of piperidine rings is 1. The smallest absolute Gasteiger partial charge is 0.317 e. The van der Waals surface area contributed by atoms with Crippen LogP contribution in [0.4, 0.5) is 4.79 Å². The number of urea groups is 1. The fraction of sp³-hybridized carbons (Fsp3) is 0.571. The molecule has 20 heavy (non-hydrogen) atoms. The highest BCUT2D eigenvalue weighted by atomic mass is 16.2. The van der Waals surface area contributed by atoms with E-state index in [0.29, 0.717) is 25.5 Å². The molecule has 1 saturated heterocycles. The van der Waals surface area contributed by atoms with E-state index >= 15 is 0 Å². The monoisotopic (exact) mass is 273 g/mol. The van der Waals surface area contributed by atoms with Gasteiger partial charge in [0.05, 0.1) is 18.5 Å². The zero-order valence-electron chi connectivity index (χ0n) is 11.9. The molecular formula is C14H19N5O. The lowest BCUT2D eigenvalue weighted by Crippen LogP contribution is -2.45. The third-order valence-corrected chi connectivity index (χ3v) is 3.32. The number of aryl methyl sites for hydroxylation is 2. The first-order chi connectivity index (χ1) is 9.58. The topological polar surface area (TPSA) is 81.9 Å². The summed E-state index contributed by atoms with van der Waals surface area (Å²) in [5, 5.41) is 11.8. The van der Waals surface area contributed by atoms with E-state index in [0.717, 1.165) is 24.2 Å². The van der Waals surface area contributed by atoms with Crippen LogP contribution >= 0.6 is 0 Å². The van der Waals surface area contributed by atoms with Crippen molar-refractivity contribution >= 4 is 6.03 Å². The molecule has 1 fully saturated rings. The van der Waals surface area contributed by atoms with Gasteiger partial charge in [0.25, 0.3) is 0 Å². The van der Waals surface area contributed by atoms with Gasteiger partial charge in [-0.15, -0.1) is 0 Å². The molecule has 1 aromatic heterocycles. The van der Waals surface area contributed by atoms with Crippen molar-refractivity contribution in [2.75, 3.05) is 13.1 Å². The first kappa shape index (κ1) is 14.3. The normalized spacial score (nSPS) is 18.4. The fourth-order valence-electron chi connectivity index (χ4n) is 2.41. The van der Waals surface area contributed by atoms with Crippen LogP contribution in [0.25, 0.3) is 0 Å². The second-order valence-electron chi connectivity index (χ2n) is 5.14. The largest absolute Gasteiger partial charge is 0.331 e. The summed E-state index contributed by atoms with van der Waals surface area (Å²) < 4.78 is 0. The Morgan fingerprint density at radius 1 is 1.50 bits per heavy atom. The third-order valence-electron chi connectivity index (χ3n) is 3.32. The number of hydrogen-bond donors (Lipinski definition) is 1. The second kappa shape index (κ2) is 6.33. The molecule has 1 aromatic rings. The standard InChI is InChI=1S/C14H19N5O/c1-10-6-11(2)18-13(17-10)8-16-14(20)19-5-3-4-12(7-15)9-19/h6,12H,3-5,8-9H2,1-2H3,(H,16,20). The van der Waals surface area contributed by atoms with Crippen LogP contribution in [0.1, 0.15) is 30.1 Å². The zero-order valence-corrected chi connectivity index (χ0v) is 11.9. The van der Waals surface area contributed by atoms with Gasteiger partial charge < -0.3 is 10.2 Å². The Morgan fingerprint density at radius 3 is 2.85 bits per heavy atom. The molecule has 106 valence electrons. The van der Waals surface area contributed by atoms with Crippen molar-refractivity contribution in [3.05, 3.63) is 23.3 Å². The fourth-order valence-corrected chi connectivity index (χ4v) is 2.41. The molecule has 0 saturated carbocycles. The van der Waals surface area contributed by atoms with Gasteiger partial charge in [-0.05, 0) is 32.8 Å². The van der Waals surface area contributed by atoms with Crippen LogP contribution < -0.4 is 5.32 Å². The lowest BCUT2D eigenvalue weighted by atomic mass is 10.0. The molecule has 2 amide bonds. The van der Waals surface area contributed by atoms with Crippen LogP contribution in [0.3, 0.4) is 0 Å². The summed E-state index contributed by atoms with van der Waals surface area (Å²) in [6.07, 6.45) is 1.76. The van der Waals surface area contributed by atoms with Crippen molar-refractivity contribution in [1.82, 2.24) is 20.2 Å². The Bertz CT molecular complexity index is 517. The van der Waals surface area contributed by atoms with Crippen molar-refractivity contribution in [3.8, 4) is 6.07 Å². The maximum absolute atomic E-state index is 12.1. The number of rotatable bonds is 2. The molecule has 6 heteroatoms. The first-order valence-corrected chi connectivity index (χ1v) is 6.82. The number of nitrogens with one attached hydrogen (secondary N) is 1. The molecular weight excluding hydrogens is 254 g/mol. The Labute approximate surface area is 118 Å². The quantitative estimate of drug-likeness (QED) is 0.886. The molecule has 6 nitrogen and oxygen atoms in total. The Morgan fingerprint density at radius 2 is 2.20 bits per heavy atom. The van der Waals surface area contributed by atoms with E-state index in [1.165, 1.54) is 0 Å². The van der Waals surface area contributed by atoms with Gasteiger partial charge in [0.2, 0.25) is 0 Å². The van der Waals surface area contributed by atoms with E-state index in [1.54, 1.807) is 4.90 Å². The molecule has 0 radical (unpaired) electrons. The van der Waals surface area contributed by atoms with E-state index in [-0.39, 0.29) is 11.9 Å². The Balaban J connectivity index is 1.90. The van der Waals surface area contributed by atoms with Crippen molar-refractivity contribution in [1.29, 1.82) is 5.26 Å². The highest BCUT2D eigenvalue weighted by molar-refractivity contribution is 5.74. The number of likely N-dealkylation sites (tertiary alicyclic amines) is 1. The van der Waals surface area contributed by atoms with Gasteiger partial charge in [-0.3, -0.25) is 0 Å². The average molecular weight is 273 g/mol. The minimum atomic E-state index is -0.146. The summed E-state index contributed by atoms with van der Waals surface area (Å²) >= 11 is 0. The van der Waals surface area contributed by atoms with E-state index < -0.39 is 0 Å². The van der Waals surface area contributed by atoms with Crippen molar-refractivity contribution < 1.29 is 4.79 Å². The molecule has 1 atom stereocenters. The van der Waals surface area contributed by atoms with Gasteiger partial charge in [-0.1, -0.05) is 0 Å². The minimum Gasteiger partial charge on any atom is -0.331 e. The van der Waals surface area contributed by atoms with Gasteiger partial charge in [0.15, 0.2) is 0 Å². The number of hydrogen-bond acceptors (Lipinski definition) is 4. The van der Waals surface area contributed by atoms with Crippen LogP contribution in [-0.2, 0) is 6.54 Å². The molecule has 0 spiro atoms. The van der Waals surface area contributed by atoms with Crippen LogP contribution in [0.2, 0.25) is 0 Å². The van der Waals surface area contributed by atoms with Gasteiger partial charge in [-0.2, -0.15) is 5.26 Å². The lowest BCUT2D eigenvalue weighted by molar-refractivity contribution is 0.176. The number of nitrogens with zero attached hydrogens (tertiary/aromatic N) is 4. The molecule has 2 rings (SSSR count). The molecule has 1 unspecified atom stereocenters. The van der Waals surface area contributed by atoms with Gasteiger partial charge in [0.1, 0.15) is 5.82 Å². The summed E-state index contributed by atoms with van der Waals surface area (Å²) in [6.45, 7) is 5.34. The van der Waals surface area contributed by atoms with Crippen molar-refractivity contribution in [2.24, 2.45) is 5.92 Å². The summed E-state index contributed by atoms with van der Waals surface area (Å²) in [6, 6.07) is 3.98. The van der Waals surface area contributed by atoms with Crippen LogP contribution in [0.15, 0.2) is 6.07 Å². The molecule has 0 aromatic carbocycles. The van der Waals surface area contributed by atoms with Crippen LogP contribution in [0.5, 0.6) is 0 Å². The first-order valence-electron chi connectivity index (χ1n) is 6.82. The third kappa shape index (κ3) is 3.67. The van der Waals surface area contributed by atoms with Gasteiger partial charge in [-0.25, -0.2) is 14.8 Å². The molecule has 0 aliphatic carbocycles. The number of nitriles is 1. The van der Waals surface area contributed by atoms with E-state index in [2.05, 4.69) is 21.4 Å². The van der Waals surface area contributed by atoms with E-state index in [9.17, 15) is 4.79 Å². The molecule has 1 aliphatic heterocycles. The highest BCUT2D eigenvalue weighted by Gasteiger charge is 2.23. The predicted molar refractivity (Wildman–Crippen MR) is 73.7 cm³/mol. The number of carbonyl (C=O) groups excluding carboxylic acids is 1. The molecule has 1 N–H and O–H groups in total. The van der Waals surface area contributed by atoms with Crippen molar-refractivity contribution in [2.45, 2.75) is 33.2 Å². The number of carbonyl (C=O) groups is 1. The highest BCUT2D eigenvalue weighted by Crippen LogP contribution is 2.15. The summed E-state index contributed by atoms with van der Waals surface area (Å²) in [4.78, 5) is 22.3. The Kier molecular flexibility index (Phi) is 4.51. The maximum Gasteiger partial charge on any atom is 0.317 e. The summed E-state index contributed by atoms with van der Waals surface area (Å²) in [7, 11) is 0.